The third-order valence-corrected chi connectivity index (χ3v) is 5.23. The summed E-state index contributed by atoms with van der Waals surface area (Å²) in [7, 11) is 0. The molecule has 2 N–H and O–H groups in total. The number of alkyl halides is 3. The number of fused-ring (bicyclic) bond motifs is 1. The van der Waals surface area contributed by atoms with Crippen molar-refractivity contribution in [2.24, 2.45) is 0 Å². The Balaban J connectivity index is 1.49. The standard InChI is InChI=1S/C19H26F3N3O/c1-13(15-7-6-14-4-2-3-5-16(14)10-15)23-18(26)24-17-8-9-25(11-17)12-19(20,21)22/h6-7,10,13,17H,2-5,8-9,11-12H2,1H3,(H2,23,24,26). The summed E-state index contributed by atoms with van der Waals surface area (Å²) in [6, 6.07) is 5.65. The molecule has 7 heteroatoms. The zero-order chi connectivity index (χ0) is 18.7. The first-order chi connectivity index (χ1) is 12.3. The Kier molecular flexibility index (Phi) is 5.75. The van der Waals surface area contributed by atoms with Gasteiger partial charge in [-0.05, 0) is 55.7 Å². The zero-order valence-electron chi connectivity index (χ0n) is 15.0. The molecule has 2 unspecified atom stereocenters. The lowest BCUT2D eigenvalue weighted by molar-refractivity contribution is -0.143. The van der Waals surface area contributed by atoms with Gasteiger partial charge in [0.25, 0.3) is 0 Å². The van der Waals surface area contributed by atoms with Crippen molar-refractivity contribution in [2.45, 2.75) is 57.3 Å². The third kappa shape index (κ3) is 5.13. The summed E-state index contributed by atoms with van der Waals surface area (Å²) >= 11 is 0. The average Bonchev–Trinajstić information content (AvgIpc) is 2.99. The summed E-state index contributed by atoms with van der Waals surface area (Å²) in [6.07, 6.45) is 0.978. The molecule has 1 aliphatic carbocycles. The van der Waals surface area contributed by atoms with E-state index in [-0.39, 0.29) is 24.7 Å². The summed E-state index contributed by atoms with van der Waals surface area (Å²) < 4.78 is 37.3. The molecule has 144 valence electrons. The van der Waals surface area contributed by atoms with E-state index in [4.69, 9.17) is 0 Å². The van der Waals surface area contributed by atoms with Crippen LogP contribution < -0.4 is 10.6 Å². The quantitative estimate of drug-likeness (QED) is 0.852. The van der Waals surface area contributed by atoms with Crippen LogP contribution in [0.5, 0.6) is 0 Å². The first kappa shape index (κ1) is 19.0. The van der Waals surface area contributed by atoms with E-state index in [9.17, 15) is 18.0 Å². The van der Waals surface area contributed by atoms with Crippen LogP contribution in [0, 0.1) is 0 Å². The smallest absolute Gasteiger partial charge is 0.334 e. The Labute approximate surface area is 152 Å². The molecule has 0 bridgehead atoms. The molecule has 0 saturated carbocycles. The van der Waals surface area contributed by atoms with Crippen molar-refractivity contribution in [3.63, 3.8) is 0 Å². The number of likely N-dealkylation sites (tertiary alicyclic amines) is 1. The molecule has 0 aromatic heterocycles. The van der Waals surface area contributed by atoms with Crippen LogP contribution in [-0.2, 0) is 12.8 Å². The number of aryl methyl sites for hydroxylation is 2. The molecule has 2 aliphatic rings. The van der Waals surface area contributed by atoms with Gasteiger partial charge in [0, 0.05) is 19.1 Å². The fourth-order valence-electron chi connectivity index (χ4n) is 3.88. The van der Waals surface area contributed by atoms with Crippen LogP contribution in [0.2, 0.25) is 0 Å². The second kappa shape index (κ2) is 7.86. The Morgan fingerprint density at radius 1 is 1.27 bits per heavy atom. The van der Waals surface area contributed by atoms with Crippen molar-refractivity contribution < 1.29 is 18.0 Å². The van der Waals surface area contributed by atoms with E-state index in [1.807, 2.05) is 6.92 Å². The molecular weight excluding hydrogens is 343 g/mol. The number of hydrogen-bond acceptors (Lipinski definition) is 2. The Morgan fingerprint density at radius 2 is 2.00 bits per heavy atom. The van der Waals surface area contributed by atoms with E-state index in [2.05, 4.69) is 28.8 Å². The van der Waals surface area contributed by atoms with E-state index in [1.165, 1.54) is 28.9 Å². The van der Waals surface area contributed by atoms with Gasteiger partial charge in [-0.15, -0.1) is 0 Å². The molecule has 0 spiro atoms. The van der Waals surface area contributed by atoms with Crippen LogP contribution >= 0.6 is 0 Å². The van der Waals surface area contributed by atoms with Crippen LogP contribution in [0.3, 0.4) is 0 Å². The number of carbonyl (C=O) groups is 1. The molecule has 2 amide bonds. The van der Waals surface area contributed by atoms with E-state index >= 15 is 0 Å². The van der Waals surface area contributed by atoms with Gasteiger partial charge in [-0.25, -0.2) is 4.79 Å². The lowest BCUT2D eigenvalue weighted by Crippen LogP contribution is -2.44. The van der Waals surface area contributed by atoms with Crippen LogP contribution in [-0.4, -0.2) is 42.8 Å². The van der Waals surface area contributed by atoms with Crippen molar-refractivity contribution in [3.8, 4) is 0 Å². The summed E-state index contributed by atoms with van der Waals surface area (Å²) in [5.74, 6) is 0. The van der Waals surface area contributed by atoms with E-state index in [1.54, 1.807) is 0 Å². The molecule has 1 saturated heterocycles. The van der Waals surface area contributed by atoms with Gasteiger partial charge in [0.1, 0.15) is 0 Å². The number of nitrogens with zero attached hydrogens (tertiary/aromatic N) is 1. The van der Waals surface area contributed by atoms with Crippen LogP contribution in [0.4, 0.5) is 18.0 Å². The zero-order valence-corrected chi connectivity index (χ0v) is 15.0. The van der Waals surface area contributed by atoms with Crippen molar-refractivity contribution >= 4 is 6.03 Å². The van der Waals surface area contributed by atoms with Crippen molar-refractivity contribution in [2.75, 3.05) is 19.6 Å². The summed E-state index contributed by atoms with van der Waals surface area (Å²) in [6.45, 7) is 1.60. The van der Waals surface area contributed by atoms with Gasteiger partial charge in [-0.2, -0.15) is 13.2 Å². The molecule has 1 aliphatic heterocycles. The monoisotopic (exact) mass is 369 g/mol. The highest BCUT2D eigenvalue weighted by Crippen LogP contribution is 2.25. The number of amides is 2. The maximum Gasteiger partial charge on any atom is 0.401 e. The summed E-state index contributed by atoms with van der Waals surface area (Å²) in [4.78, 5) is 13.5. The highest BCUT2D eigenvalue weighted by molar-refractivity contribution is 5.74. The largest absolute Gasteiger partial charge is 0.401 e. The fourth-order valence-corrected chi connectivity index (χ4v) is 3.88. The number of benzene rings is 1. The second-order valence-corrected chi connectivity index (χ2v) is 7.41. The number of hydrogen-bond donors (Lipinski definition) is 2. The molecule has 4 nitrogen and oxygen atoms in total. The molecule has 1 aromatic rings. The SMILES string of the molecule is CC(NC(=O)NC1CCN(CC(F)(F)F)C1)c1ccc2c(c1)CCCC2. The van der Waals surface area contributed by atoms with Crippen molar-refractivity contribution in [1.82, 2.24) is 15.5 Å². The van der Waals surface area contributed by atoms with E-state index in [0.29, 0.717) is 13.0 Å². The van der Waals surface area contributed by atoms with Crippen LogP contribution in [0.1, 0.15) is 48.9 Å². The maximum atomic E-state index is 12.4. The predicted molar refractivity (Wildman–Crippen MR) is 94.1 cm³/mol. The summed E-state index contributed by atoms with van der Waals surface area (Å²) in [5.41, 5.74) is 3.82. The molecule has 1 heterocycles. The van der Waals surface area contributed by atoms with Crippen LogP contribution in [0.25, 0.3) is 0 Å². The van der Waals surface area contributed by atoms with Gasteiger partial charge >= 0.3 is 12.2 Å². The number of halogens is 3. The Bertz CT molecular complexity index is 647. The van der Waals surface area contributed by atoms with Gasteiger partial charge in [0.15, 0.2) is 0 Å². The van der Waals surface area contributed by atoms with Gasteiger partial charge in [0.05, 0.1) is 12.6 Å². The number of rotatable bonds is 4. The highest BCUT2D eigenvalue weighted by Gasteiger charge is 2.34. The van der Waals surface area contributed by atoms with Gasteiger partial charge < -0.3 is 10.6 Å². The van der Waals surface area contributed by atoms with Gasteiger partial charge in [-0.1, -0.05) is 18.2 Å². The second-order valence-electron chi connectivity index (χ2n) is 7.41. The maximum absolute atomic E-state index is 12.4. The van der Waals surface area contributed by atoms with Crippen LogP contribution in [0.15, 0.2) is 18.2 Å². The topological polar surface area (TPSA) is 44.4 Å². The van der Waals surface area contributed by atoms with Crippen molar-refractivity contribution in [3.05, 3.63) is 34.9 Å². The first-order valence-electron chi connectivity index (χ1n) is 9.28. The third-order valence-electron chi connectivity index (χ3n) is 5.23. The molecule has 0 radical (unpaired) electrons. The lowest BCUT2D eigenvalue weighted by Gasteiger charge is -2.21. The summed E-state index contributed by atoms with van der Waals surface area (Å²) in [5, 5.41) is 5.70. The molecule has 2 atom stereocenters. The molecule has 3 rings (SSSR count). The molecule has 26 heavy (non-hydrogen) atoms. The normalized spacial score (nSPS) is 21.9. The van der Waals surface area contributed by atoms with Crippen molar-refractivity contribution in [1.29, 1.82) is 0 Å². The Hall–Kier alpha value is -1.76. The van der Waals surface area contributed by atoms with E-state index in [0.717, 1.165) is 18.4 Å². The Morgan fingerprint density at radius 3 is 2.73 bits per heavy atom. The average molecular weight is 369 g/mol. The fraction of sp³-hybridized carbons (Fsp3) is 0.632. The minimum Gasteiger partial charge on any atom is -0.334 e. The predicted octanol–water partition coefficient (Wildman–Crippen LogP) is 3.56. The molecule has 1 fully saturated rings. The molecular formula is C19H26F3N3O. The van der Waals surface area contributed by atoms with Gasteiger partial charge in [-0.3, -0.25) is 4.90 Å². The number of nitrogens with one attached hydrogen (secondary N) is 2. The van der Waals surface area contributed by atoms with E-state index < -0.39 is 12.7 Å². The van der Waals surface area contributed by atoms with Gasteiger partial charge in [0.2, 0.25) is 0 Å². The minimum absolute atomic E-state index is 0.144. The lowest BCUT2D eigenvalue weighted by atomic mass is 9.89. The highest BCUT2D eigenvalue weighted by atomic mass is 19.4. The molecule has 1 aromatic carbocycles. The number of urea groups is 1. The first-order valence-corrected chi connectivity index (χ1v) is 9.28. The number of carbonyl (C=O) groups excluding carboxylic acids is 1. The minimum atomic E-state index is -4.20.